The zero-order valence-electron chi connectivity index (χ0n) is 10.4. The topological polar surface area (TPSA) is 72.2 Å². The summed E-state index contributed by atoms with van der Waals surface area (Å²) >= 11 is 4.81. The summed E-state index contributed by atoms with van der Waals surface area (Å²) in [5.74, 6) is -2.36. The first-order valence-corrected chi connectivity index (χ1v) is 7.30. The van der Waals surface area contributed by atoms with Gasteiger partial charge in [0, 0.05) is 0 Å². The molecule has 8 heteroatoms. The normalized spacial score (nSPS) is 14.9. The predicted octanol–water partition coefficient (Wildman–Crippen LogP) is 1.70. The van der Waals surface area contributed by atoms with Crippen molar-refractivity contribution in [1.82, 2.24) is 4.72 Å². The van der Waals surface area contributed by atoms with Crippen molar-refractivity contribution in [3.8, 4) is 0 Å². The Balaban J connectivity index is 3.18. The molecule has 3 N–H and O–H groups in total. The Labute approximate surface area is 116 Å². The highest BCUT2D eigenvalue weighted by atomic mass is 32.2. The second-order valence-electron chi connectivity index (χ2n) is 4.23. The lowest BCUT2D eigenvalue weighted by atomic mass is 10.0. The summed E-state index contributed by atoms with van der Waals surface area (Å²) in [5, 5.41) is 0. The molecule has 0 amide bonds. The van der Waals surface area contributed by atoms with Crippen LogP contribution in [0.15, 0.2) is 23.1 Å². The molecule has 0 saturated heterocycles. The third kappa shape index (κ3) is 3.46. The van der Waals surface area contributed by atoms with Crippen molar-refractivity contribution < 1.29 is 17.2 Å². The van der Waals surface area contributed by atoms with E-state index < -0.39 is 27.2 Å². The van der Waals surface area contributed by atoms with Gasteiger partial charge in [-0.15, -0.1) is 0 Å². The quantitative estimate of drug-likeness (QED) is 0.812. The molecule has 19 heavy (non-hydrogen) atoms. The second-order valence-corrected chi connectivity index (χ2v) is 6.35. The van der Waals surface area contributed by atoms with Gasteiger partial charge in [-0.1, -0.05) is 19.1 Å². The van der Waals surface area contributed by atoms with Gasteiger partial charge in [0.2, 0.25) is 10.0 Å². The Morgan fingerprint density at radius 1 is 1.42 bits per heavy atom. The van der Waals surface area contributed by atoms with Crippen LogP contribution in [0.1, 0.15) is 20.3 Å². The fourth-order valence-electron chi connectivity index (χ4n) is 1.30. The predicted molar refractivity (Wildman–Crippen MR) is 72.2 cm³/mol. The van der Waals surface area contributed by atoms with Crippen LogP contribution in [-0.4, -0.2) is 18.9 Å². The maximum atomic E-state index is 13.1. The summed E-state index contributed by atoms with van der Waals surface area (Å²) in [5.41, 5.74) is 4.37. The van der Waals surface area contributed by atoms with Gasteiger partial charge in [0.1, 0.15) is 0 Å². The summed E-state index contributed by atoms with van der Waals surface area (Å²) in [6.45, 7) is 3.22. The molecule has 0 heterocycles. The van der Waals surface area contributed by atoms with E-state index in [1.54, 1.807) is 6.92 Å². The number of hydrogen-bond acceptors (Lipinski definition) is 3. The van der Waals surface area contributed by atoms with E-state index in [-0.39, 0.29) is 9.88 Å². The first-order valence-electron chi connectivity index (χ1n) is 5.41. The zero-order valence-corrected chi connectivity index (χ0v) is 12.0. The summed E-state index contributed by atoms with van der Waals surface area (Å²) in [4.78, 5) is -0.413. The molecule has 0 radical (unpaired) electrons. The Bertz CT molecular complexity index is 605. The minimum absolute atomic E-state index is 0.0267. The molecular formula is C11H14F2N2O2S2. The highest BCUT2D eigenvalue weighted by Gasteiger charge is 2.32. The van der Waals surface area contributed by atoms with Crippen LogP contribution in [0.5, 0.6) is 0 Å². The van der Waals surface area contributed by atoms with Crippen molar-refractivity contribution in [2.75, 3.05) is 0 Å². The molecule has 0 aliphatic heterocycles. The van der Waals surface area contributed by atoms with Gasteiger partial charge in [-0.25, -0.2) is 17.2 Å². The number of rotatable bonds is 5. The lowest BCUT2D eigenvalue weighted by Crippen LogP contribution is -2.53. The number of thiocarbonyl (C=S) groups is 1. The van der Waals surface area contributed by atoms with Gasteiger partial charge in [-0.2, -0.15) is 4.72 Å². The van der Waals surface area contributed by atoms with Crippen molar-refractivity contribution >= 4 is 27.2 Å². The molecule has 0 spiro atoms. The van der Waals surface area contributed by atoms with E-state index in [4.69, 9.17) is 18.0 Å². The van der Waals surface area contributed by atoms with Crippen LogP contribution in [0.25, 0.3) is 0 Å². The van der Waals surface area contributed by atoms with Crippen LogP contribution in [0, 0.1) is 11.6 Å². The number of halogens is 2. The molecule has 0 bridgehead atoms. The number of nitrogens with one attached hydrogen (secondary N) is 1. The van der Waals surface area contributed by atoms with Crippen LogP contribution in [-0.2, 0) is 10.0 Å². The van der Waals surface area contributed by atoms with E-state index in [1.165, 1.54) is 6.92 Å². The highest BCUT2D eigenvalue weighted by Crippen LogP contribution is 2.18. The SMILES string of the molecule is CCC(C)(NS(=O)(=O)c1ccc(F)c(F)c1)C(N)=S. The van der Waals surface area contributed by atoms with E-state index in [0.29, 0.717) is 12.5 Å². The van der Waals surface area contributed by atoms with Gasteiger partial charge in [0.25, 0.3) is 0 Å². The average molecular weight is 308 g/mol. The lowest BCUT2D eigenvalue weighted by Gasteiger charge is -2.27. The van der Waals surface area contributed by atoms with Crippen molar-refractivity contribution in [3.05, 3.63) is 29.8 Å². The Hall–Kier alpha value is -1.12. The highest BCUT2D eigenvalue weighted by molar-refractivity contribution is 7.89. The molecule has 1 rings (SSSR count). The Morgan fingerprint density at radius 3 is 2.42 bits per heavy atom. The third-order valence-corrected chi connectivity index (χ3v) is 4.86. The fraction of sp³-hybridized carbons (Fsp3) is 0.364. The molecule has 0 fully saturated rings. The molecule has 1 atom stereocenters. The molecule has 1 aromatic rings. The van der Waals surface area contributed by atoms with E-state index in [2.05, 4.69) is 4.72 Å². The summed E-state index contributed by atoms with van der Waals surface area (Å²) in [6, 6.07) is 2.32. The standard InChI is InChI=1S/C11H14F2N2O2S2/c1-3-11(2,10(14)18)15-19(16,17)7-4-5-8(12)9(13)6-7/h4-6,15H,3H2,1-2H3,(H2,14,18). The minimum Gasteiger partial charge on any atom is -0.392 e. The third-order valence-electron chi connectivity index (χ3n) is 2.81. The van der Waals surface area contributed by atoms with Crippen molar-refractivity contribution in [2.45, 2.75) is 30.7 Å². The van der Waals surface area contributed by atoms with Crippen LogP contribution < -0.4 is 10.5 Å². The van der Waals surface area contributed by atoms with Gasteiger partial charge in [-0.05, 0) is 31.5 Å². The fourth-order valence-corrected chi connectivity index (χ4v) is 3.03. The molecule has 0 aromatic heterocycles. The maximum Gasteiger partial charge on any atom is 0.241 e. The number of hydrogen-bond donors (Lipinski definition) is 2. The zero-order chi connectivity index (χ0) is 14.8. The molecule has 4 nitrogen and oxygen atoms in total. The molecule has 1 aromatic carbocycles. The van der Waals surface area contributed by atoms with Gasteiger partial charge < -0.3 is 5.73 Å². The molecular weight excluding hydrogens is 294 g/mol. The summed E-state index contributed by atoms with van der Waals surface area (Å²) in [6.07, 6.45) is 0.325. The van der Waals surface area contributed by atoms with Crippen LogP contribution in [0.4, 0.5) is 8.78 Å². The van der Waals surface area contributed by atoms with E-state index >= 15 is 0 Å². The number of benzene rings is 1. The van der Waals surface area contributed by atoms with Crippen LogP contribution in [0.2, 0.25) is 0 Å². The average Bonchev–Trinajstić information content (AvgIpc) is 2.31. The molecule has 0 aliphatic carbocycles. The first kappa shape index (κ1) is 15.9. The maximum absolute atomic E-state index is 13.1. The number of nitrogens with two attached hydrogens (primary N) is 1. The van der Waals surface area contributed by atoms with Gasteiger partial charge in [-0.3, -0.25) is 0 Å². The summed E-state index contributed by atoms with van der Waals surface area (Å²) in [7, 11) is -4.04. The van der Waals surface area contributed by atoms with Crippen LogP contribution >= 0.6 is 12.2 Å². The van der Waals surface area contributed by atoms with Crippen molar-refractivity contribution in [3.63, 3.8) is 0 Å². The van der Waals surface area contributed by atoms with E-state index in [0.717, 1.165) is 12.1 Å². The van der Waals surface area contributed by atoms with E-state index in [9.17, 15) is 17.2 Å². The molecule has 0 aliphatic rings. The van der Waals surface area contributed by atoms with Gasteiger partial charge in [0.15, 0.2) is 11.6 Å². The van der Waals surface area contributed by atoms with Gasteiger partial charge >= 0.3 is 0 Å². The summed E-state index contributed by atoms with van der Waals surface area (Å²) < 4.78 is 52.3. The van der Waals surface area contributed by atoms with Crippen molar-refractivity contribution in [1.29, 1.82) is 0 Å². The van der Waals surface area contributed by atoms with E-state index in [1.807, 2.05) is 0 Å². The van der Waals surface area contributed by atoms with Crippen LogP contribution in [0.3, 0.4) is 0 Å². The van der Waals surface area contributed by atoms with Gasteiger partial charge in [0.05, 0.1) is 15.4 Å². The molecule has 0 saturated carbocycles. The largest absolute Gasteiger partial charge is 0.392 e. The Kier molecular flexibility index (Phi) is 4.59. The lowest BCUT2D eigenvalue weighted by molar-refractivity contribution is 0.498. The minimum atomic E-state index is -4.04. The monoisotopic (exact) mass is 308 g/mol. The smallest absolute Gasteiger partial charge is 0.241 e. The first-order chi connectivity index (χ1) is 8.62. The Morgan fingerprint density at radius 2 is 2.00 bits per heavy atom. The molecule has 106 valence electrons. The second kappa shape index (κ2) is 5.48. The number of sulfonamides is 1. The van der Waals surface area contributed by atoms with Crippen molar-refractivity contribution in [2.24, 2.45) is 5.73 Å². The molecule has 1 unspecified atom stereocenters.